The first kappa shape index (κ1) is 22.5. The van der Waals surface area contributed by atoms with Gasteiger partial charge in [0.2, 0.25) is 17.7 Å². The van der Waals surface area contributed by atoms with E-state index >= 15 is 0 Å². The molecule has 4 rings (SSSR count). The number of likely N-dealkylation sites (tertiary alicyclic amines) is 1. The van der Waals surface area contributed by atoms with E-state index in [9.17, 15) is 14.4 Å². The molecular formula is C24H30N4O3S. The lowest BCUT2D eigenvalue weighted by atomic mass is 9.91. The first-order valence-corrected chi connectivity index (χ1v) is 12.1. The average molecular weight is 455 g/mol. The number of anilines is 2. The Balaban J connectivity index is 1.33. The van der Waals surface area contributed by atoms with E-state index in [4.69, 9.17) is 0 Å². The molecule has 1 aromatic heterocycles. The van der Waals surface area contributed by atoms with Crippen LogP contribution in [-0.2, 0) is 14.4 Å². The van der Waals surface area contributed by atoms with Crippen molar-refractivity contribution in [2.75, 3.05) is 29.9 Å². The van der Waals surface area contributed by atoms with Gasteiger partial charge in [0.1, 0.15) is 0 Å². The lowest BCUT2D eigenvalue weighted by Crippen LogP contribution is -2.45. The molecule has 0 atom stereocenters. The molecule has 0 bridgehead atoms. The number of nitrogens with zero attached hydrogens (tertiary/aromatic N) is 3. The Morgan fingerprint density at radius 3 is 2.38 bits per heavy atom. The molecule has 2 aliphatic heterocycles. The van der Waals surface area contributed by atoms with Crippen LogP contribution in [0.15, 0.2) is 29.6 Å². The number of hydrogen-bond acceptors (Lipinski definition) is 5. The molecule has 0 radical (unpaired) electrons. The Bertz CT molecular complexity index is 1000. The Morgan fingerprint density at radius 2 is 1.78 bits per heavy atom. The van der Waals surface area contributed by atoms with Crippen LogP contribution >= 0.6 is 11.3 Å². The van der Waals surface area contributed by atoms with Crippen LogP contribution in [0.2, 0.25) is 0 Å². The summed E-state index contributed by atoms with van der Waals surface area (Å²) in [5.74, 6) is 0.173. The average Bonchev–Trinajstić information content (AvgIpc) is 3.42. The van der Waals surface area contributed by atoms with Crippen molar-refractivity contribution in [1.82, 2.24) is 9.88 Å². The summed E-state index contributed by atoms with van der Waals surface area (Å²) >= 11 is 1.40. The largest absolute Gasteiger partial charge is 0.342 e. The first-order chi connectivity index (χ1) is 15.2. The fourth-order valence-electron chi connectivity index (χ4n) is 4.22. The van der Waals surface area contributed by atoms with E-state index < -0.39 is 5.41 Å². The fourth-order valence-corrected chi connectivity index (χ4v) is 4.95. The molecule has 3 heterocycles. The van der Waals surface area contributed by atoms with Gasteiger partial charge >= 0.3 is 0 Å². The number of piperidine rings is 1. The number of carbonyl (C=O) groups is 3. The van der Waals surface area contributed by atoms with Crippen LogP contribution in [-0.4, -0.2) is 47.2 Å². The minimum absolute atomic E-state index is 0.0309. The molecule has 2 aliphatic rings. The molecule has 2 saturated heterocycles. The highest BCUT2D eigenvalue weighted by Crippen LogP contribution is 2.29. The Hall–Kier alpha value is -2.74. The molecule has 2 aromatic rings. The van der Waals surface area contributed by atoms with Gasteiger partial charge in [-0.3, -0.25) is 14.4 Å². The van der Waals surface area contributed by atoms with E-state index in [0.717, 1.165) is 29.9 Å². The molecule has 0 unspecified atom stereocenters. The van der Waals surface area contributed by atoms with Gasteiger partial charge in [0.15, 0.2) is 5.13 Å². The molecule has 7 nitrogen and oxygen atoms in total. The maximum absolute atomic E-state index is 12.7. The van der Waals surface area contributed by atoms with Gasteiger partial charge < -0.3 is 15.1 Å². The predicted octanol–water partition coefficient (Wildman–Crippen LogP) is 4.16. The Morgan fingerprint density at radius 1 is 1.09 bits per heavy atom. The van der Waals surface area contributed by atoms with E-state index in [2.05, 4.69) is 10.3 Å². The van der Waals surface area contributed by atoms with Crippen LogP contribution in [0.4, 0.5) is 10.8 Å². The summed E-state index contributed by atoms with van der Waals surface area (Å²) in [7, 11) is 0. The maximum atomic E-state index is 12.7. The summed E-state index contributed by atoms with van der Waals surface area (Å²) in [6, 6.07) is 7.82. The zero-order valence-electron chi connectivity index (χ0n) is 18.9. The van der Waals surface area contributed by atoms with Crippen LogP contribution in [0, 0.1) is 11.3 Å². The highest BCUT2D eigenvalue weighted by atomic mass is 32.1. The van der Waals surface area contributed by atoms with Gasteiger partial charge in [-0.15, -0.1) is 11.3 Å². The van der Waals surface area contributed by atoms with Crippen LogP contribution < -0.4 is 10.2 Å². The fraction of sp³-hybridized carbons (Fsp3) is 0.500. The second kappa shape index (κ2) is 9.02. The van der Waals surface area contributed by atoms with Gasteiger partial charge in [-0.05, 0) is 31.4 Å². The number of hydrogen-bond donors (Lipinski definition) is 1. The molecule has 32 heavy (non-hydrogen) atoms. The van der Waals surface area contributed by atoms with E-state index in [-0.39, 0.29) is 23.6 Å². The van der Waals surface area contributed by atoms with Crippen LogP contribution in [0.25, 0.3) is 11.3 Å². The zero-order valence-corrected chi connectivity index (χ0v) is 19.7. The van der Waals surface area contributed by atoms with Crippen LogP contribution in [0.5, 0.6) is 0 Å². The predicted molar refractivity (Wildman–Crippen MR) is 127 cm³/mol. The molecule has 2 fully saturated rings. The van der Waals surface area contributed by atoms with Gasteiger partial charge in [0, 0.05) is 54.0 Å². The van der Waals surface area contributed by atoms with Gasteiger partial charge in [0.05, 0.1) is 5.69 Å². The SMILES string of the molecule is CC(C)(C)C(=O)N1CCC(C(=O)Nc2nc(-c3ccc(N4CCCC4=O)cc3)cs2)CC1. The Labute approximate surface area is 192 Å². The van der Waals surface area contributed by atoms with Crippen LogP contribution in [0.3, 0.4) is 0 Å². The van der Waals surface area contributed by atoms with Crippen molar-refractivity contribution in [3.8, 4) is 11.3 Å². The van der Waals surface area contributed by atoms with Gasteiger partial charge in [-0.1, -0.05) is 32.9 Å². The molecule has 1 N–H and O–H groups in total. The van der Waals surface area contributed by atoms with Gasteiger partial charge in [0.25, 0.3) is 0 Å². The topological polar surface area (TPSA) is 82.6 Å². The monoisotopic (exact) mass is 454 g/mol. The second-order valence-electron chi connectivity index (χ2n) is 9.54. The lowest BCUT2D eigenvalue weighted by molar-refractivity contribution is -0.142. The first-order valence-electron chi connectivity index (χ1n) is 11.2. The highest BCUT2D eigenvalue weighted by Gasteiger charge is 2.32. The molecule has 0 aliphatic carbocycles. The third-order valence-corrected chi connectivity index (χ3v) is 6.83. The number of benzene rings is 1. The van der Waals surface area contributed by atoms with Crippen molar-refractivity contribution in [3.63, 3.8) is 0 Å². The van der Waals surface area contributed by atoms with E-state index in [1.54, 1.807) is 0 Å². The number of carbonyl (C=O) groups excluding carboxylic acids is 3. The summed E-state index contributed by atoms with van der Waals surface area (Å²) in [6.45, 7) is 7.77. The number of amides is 3. The van der Waals surface area contributed by atoms with Gasteiger partial charge in [-0.25, -0.2) is 4.98 Å². The minimum Gasteiger partial charge on any atom is -0.342 e. The smallest absolute Gasteiger partial charge is 0.229 e. The summed E-state index contributed by atoms with van der Waals surface area (Å²) in [5, 5.41) is 5.46. The van der Waals surface area contributed by atoms with E-state index in [0.29, 0.717) is 37.5 Å². The number of aromatic nitrogens is 1. The van der Waals surface area contributed by atoms with E-state index in [1.165, 1.54) is 11.3 Å². The lowest BCUT2D eigenvalue weighted by Gasteiger charge is -2.35. The molecule has 8 heteroatoms. The molecule has 0 saturated carbocycles. The summed E-state index contributed by atoms with van der Waals surface area (Å²) < 4.78 is 0. The van der Waals surface area contributed by atoms with Crippen LogP contribution in [0.1, 0.15) is 46.5 Å². The van der Waals surface area contributed by atoms with Crippen molar-refractivity contribution in [2.45, 2.75) is 46.5 Å². The maximum Gasteiger partial charge on any atom is 0.229 e. The van der Waals surface area contributed by atoms with Crippen molar-refractivity contribution < 1.29 is 14.4 Å². The van der Waals surface area contributed by atoms with E-state index in [1.807, 2.05) is 60.2 Å². The van der Waals surface area contributed by atoms with Gasteiger partial charge in [-0.2, -0.15) is 0 Å². The van der Waals surface area contributed by atoms with Crippen molar-refractivity contribution in [2.24, 2.45) is 11.3 Å². The standard InChI is InChI=1S/C24H30N4O3S/c1-24(2,3)22(31)27-13-10-17(11-14-27)21(30)26-23-25-19(15-32-23)16-6-8-18(9-7-16)28-12-4-5-20(28)29/h6-9,15,17H,4-5,10-14H2,1-3H3,(H,25,26,30). The number of rotatable bonds is 4. The highest BCUT2D eigenvalue weighted by molar-refractivity contribution is 7.14. The second-order valence-corrected chi connectivity index (χ2v) is 10.4. The minimum atomic E-state index is -0.394. The molecule has 3 amide bonds. The number of nitrogens with one attached hydrogen (secondary N) is 1. The quantitative estimate of drug-likeness (QED) is 0.752. The number of thiazole rings is 1. The molecule has 0 spiro atoms. The zero-order chi connectivity index (χ0) is 22.9. The normalized spacial score (nSPS) is 17.7. The summed E-state index contributed by atoms with van der Waals surface area (Å²) in [6.07, 6.45) is 2.86. The van der Waals surface area contributed by atoms with Crippen molar-refractivity contribution >= 4 is 39.9 Å². The molecular weight excluding hydrogens is 424 g/mol. The van der Waals surface area contributed by atoms with Crippen molar-refractivity contribution in [3.05, 3.63) is 29.6 Å². The third kappa shape index (κ3) is 4.85. The molecule has 1 aromatic carbocycles. The van der Waals surface area contributed by atoms with Crippen molar-refractivity contribution in [1.29, 1.82) is 0 Å². The Kier molecular flexibility index (Phi) is 6.33. The molecule has 170 valence electrons. The third-order valence-electron chi connectivity index (χ3n) is 6.08. The summed E-state index contributed by atoms with van der Waals surface area (Å²) in [5.41, 5.74) is 2.27. The summed E-state index contributed by atoms with van der Waals surface area (Å²) in [4.78, 5) is 45.3.